The van der Waals surface area contributed by atoms with E-state index in [1.165, 1.54) is 22.8 Å². The molecule has 236 valence electrons. The highest BCUT2D eigenvalue weighted by Gasteiger charge is 2.54. The Kier molecular flexibility index (Phi) is 9.21. The Labute approximate surface area is 258 Å². The van der Waals surface area contributed by atoms with E-state index in [0.29, 0.717) is 55.1 Å². The molecule has 0 spiro atoms. The SMILES string of the molecule is CC(C)CN(C[C@@H](O)[C@H](Cc1ccccc1)NC(=O)C[C@H]1C2CO[C@H]3OC[C@@H]1C3C2)S(=O)(=O)c1ccc(-c2cnco2)cc1. The molecule has 3 aromatic rings. The normalized spacial score (nSPS) is 25.8. The van der Waals surface area contributed by atoms with Crippen LogP contribution in [0.5, 0.6) is 0 Å². The van der Waals surface area contributed by atoms with Gasteiger partial charge in [0, 0.05) is 31.0 Å². The molecule has 7 atom stereocenters. The molecule has 3 fully saturated rings. The molecular formula is C33H41N3O7S. The van der Waals surface area contributed by atoms with Crippen LogP contribution >= 0.6 is 0 Å². The number of carbonyl (C=O) groups is 1. The molecule has 3 heterocycles. The second-order valence-corrected chi connectivity index (χ2v) is 14.7. The van der Waals surface area contributed by atoms with Crippen LogP contribution in [0.1, 0.15) is 32.3 Å². The van der Waals surface area contributed by atoms with Gasteiger partial charge >= 0.3 is 0 Å². The molecule has 2 aliphatic heterocycles. The van der Waals surface area contributed by atoms with Crippen LogP contribution in [0.2, 0.25) is 0 Å². The van der Waals surface area contributed by atoms with Crippen molar-refractivity contribution in [1.82, 2.24) is 14.6 Å². The number of ether oxygens (including phenoxy) is 2. The average molecular weight is 624 g/mol. The van der Waals surface area contributed by atoms with Gasteiger partial charge < -0.3 is 24.3 Å². The Morgan fingerprint density at radius 2 is 1.80 bits per heavy atom. The van der Waals surface area contributed by atoms with E-state index in [4.69, 9.17) is 13.9 Å². The number of hydrogen-bond donors (Lipinski definition) is 2. The number of carbonyl (C=O) groups excluding carboxylic acids is 1. The summed E-state index contributed by atoms with van der Waals surface area (Å²) in [6, 6.07) is 15.4. The minimum Gasteiger partial charge on any atom is -0.444 e. The lowest BCUT2D eigenvalue weighted by molar-refractivity contribution is -0.165. The molecule has 1 saturated carbocycles. The summed E-state index contributed by atoms with van der Waals surface area (Å²) < 4.78 is 46.1. The number of benzene rings is 2. The maximum atomic E-state index is 13.9. The highest BCUT2D eigenvalue weighted by Crippen LogP contribution is 2.52. The molecule has 2 unspecified atom stereocenters. The highest BCUT2D eigenvalue weighted by atomic mass is 32.2. The molecule has 0 radical (unpaired) electrons. The minimum atomic E-state index is -3.96. The van der Waals surface area contributed by atoms with E-state index >= 15 is 0 Å². The molecule has 44 heavy (non-hydrogen) atoms. The lowest BCUT2D eigenvalue weighted by Gasteiger charge is -2.31. The van der Waals surface area contributed by atoms with E-state index < -0.39 is 22.2 Å². The number of amides is 1. The maximum Gasteiger partial charge on any atom is 0.243 e. The van der Waals surface area contributed by atoms with Crippen molar-refractivity contribution < 1.29 is 32.2 Å². The fraction of sp³-hybridized carbons (Fsp3) is 0.515. The Hall–Kier alpha value is -3.09. The van der Waals surface area contributed by atoms with E-state index in [9.17, 15) is 18.3 Å². The lowest BCUT2D eigenvalue weighted by Crippen LogP contribution is -2.51. The van der Waals surface area contributed by atoms with Gasteiger partial charge in [0.15, 0.2) is 18.4 Å². The fourth-order valence-corrected chi connectivity index (χ4v) is 8.72. The third kappa shape index (κ3) is 6.62. The molecule has 2 N–H and O–H groups in total. The first-order valence-corrected chi connectivity index (χ1v) is 16.9. The summed E-state index contributed by atoms with van der Waals surface area (Å²) in [5, 5.41) is 14.7. The number of rotatable bonds is 13. The van der Waals surface area contributed by atoms with Crippen molar-refractivity contribution in [2.75, 3.05) is 26.3 Å². The van der Waals surface area contributed by atoms with Crippen LogP contribution in [-0.2, 0) is 30.7 Å². The maximum absolute atomic E-state index is 13.9. The van der Waals surface area contributed by atoms with Gasteiger partial charge in [0.2, 0.25) is 15.9 Å². The number of oxazole rings is 1. The van der Waals surface area contributed by atoms with Crippen LogP contribution < -0.4 is 5.32 Å². The van der Waals surface area contributed by atoms with Crippen molar-refractivity contribution in [3.05, 3.63) is 72.8 Å². The molecule has 11 heteroatoms. The average Bonchev–Trinajstić information content (AvgIpc) is 3.74. The van der Waals surface area contributed by atoms with Gasteiger partial charge in [-0.1, -0.05) is 44.2 Å². The second kappa shape index (κ2) is 13.1. The van der Waals surface area contributed by atoms with Crippen LogP contribution in [0.25, 0.3) is 11.3 Å². The molecular weight excluding hydrogens is 582 g/mol. The molecule has 2 saturated heterocycles. The van der Waals surface area contributed by atoms with Crippen LogP contribution in [0.4, 0.5) is 0 Å². The van der Waals surface area contributed by atoms with Gasteiger partial charge in [-0.05, 0) is 66.3 Å². The summed E-state index contributed by atoms with van der Waals surface area (Å²) in [6.45, 7) is 5.13. The largest absolute Gasteiger partial charge is 0.444 e. The Bertz CT molecular complexity index is 1500. The van der Waals surface area contributed by atoms with E-state index in [0.717, 1.165) is 12.0 Å². The number of aliphatic hydroxyl groups is 1. The molecule has 2 bridgehead atoms. The molecule has 10 nitrogen and oxygen atoms in total. The van der Waals surface area contributed by atoms with Gasteiger partial charge in [0.1, 0.15) is 0 Å². The highest BCUT2D eigenvalue weighted by molar-refractivity contribution is 7.89. The number of sulfonamides is 1. The first-order chi connectivity index (χ1) is 21.2. The van der Waals surface area contributed by atoms with E-state index in [1.807, 2.05) is 44.2 Å². The van der Waals surface area contributed by atoms with Crippen molar-refractivity contribution in [3.63, 3.8) is 0 Å². The number of nitrogens with zero attached hydrogens (tertiary/aromatic N) is 2. The van der Waals surface area contributed by atoms with Crippen LogP contribution in [0.15, 0.2) is 76.5 Å². The van der Waals surface area contributed by atoms with E-state index in [1.54, 1.807) is 18.3 Å². The molecule has 1 aromatic heterocycles. The zero-order valence-electron chi connectivity index (χ0n) is 25.1. The van der Waals surface area contributed by atoms with Gasteiger partial charge in [-0.25, -0.2) is 13.4 Å². The molecule has 6 rings (SSSR count). The summed E-state index contributed by atoms with van der Waals surface area (Å²) in [5.74, 6) is 1.54. The minimum absolute atomic E-state index is 0.00834. The smallest absolute Gasteiger partial charge is 0.243 e. The zero-order valence-corrected chi connectivity index (χ0v) is 25.9. The van der Waals surface area contributed by atoms with Gasteiger partial charge in [0.05, 0.1) is 36.5 Å². The third-order valence-electron chi connectivity index (χ3n) is 9.26. The summed E-state index contributed by atoms with van der Waals surface area (Å²) in [5.41, 5.74) is 1.65. The fourth-order valence-electron chi connectivity index (χ4n) is 7.10. The Morgan fingerprint density at radius 1 is 1.05 bits per heavy atom. The van der Waals surface area contributed by atoms with Gasteiger partial charge in [-0.3, -0.25) is 4.79 Å². The van der Waals surface area contributed by atoms with Crippen LogP contribution in [0, 0.1) is 29.6 Å². The molecule has 2 aromatic carbocycles. The summed E-state index contributed by atoms with van der Waals surface area (Å²) in [7, 11) is -3.96. The summed E-state index contributed by atoms with van der Waals surface area (Å²) >= 11 is 0. The molecule has 3 aliphatic rings. The number of aromatic nitrogens is 1. The Balaban J connectivity index is 1.19. The second-order valence-electron chi connectivity index (χ2n) is 12.8. The summed E-state index contributed by atoms with van der Waals surface area (Å²) in [6.07, 6.45) is 3.30. The number of fused-ring (bicyclic) bond motifs is 1. The lowest BCUT2D eigenvalue weighted by atomic mass is 9.86. The van der Waals surface area contributed by atoms with Crippen molar-refractivity contribution in [2.45, 2.75) is 56.4 Å². The van der Waals surface area contributed by atoms with Crippen LogP contribution in [0.3, 0.4) is 0 Å². The van der Waals surface area contributed by atoms with E-state index in [-0.39, 0.29) is 42.0 Å². The summed E-state index contributed by atoms with van der Waals surface area (Å²) in [4.78, 5) is 17.6. The van der Waals surface area contributed by atoms with Gasteiger partial charge in [0.25, 0.3) is 0 Å². The third-order valence-corrected chi connectivity index (χ3v) is 11.1. The predicted molar refractivity (Wildman–Crippen MR) is 163 cm³/mol. The molecule has 1 aliphatic carbocycles. The monoisotopic (exact) mass is 623 g/mol. The number of aliphatic hydroxyl groups excluding tert-OH is 1. The number of hydrogen-bond acceptors (Lipinski definition) is 8. The predicted octanol–water partition coefficient (Wildman–Crippen LogP) is 3.72. The topological polar surface area (TPSA) is 131 Å². The van der Waals surface area contributed by atoms with Crippen molar-refractivity contribution >= 4 is 15.9 Å². The van der Waals surface area contributed by atoms with Gasteiger partial charge in [-0.2, -0.15) is 4.31 Å². The standard InChI is InChI=1S/C33H41N3O7S/c1-21(2)16-36(44(39,40)25-10-8-23(9-11-25)31-15-34-20-43-31)17-30(37)29(12-22-6-4-3-5-7-22)35-32(38)14-26-24-13-27-28(26)19-42-33(27)41-18-24/h3-11,15,20-21,24,26-30,33,37H,12-14,16-19H2,1-2H3,(H,35,38)/t24?,26-,27?,28-,29-,30+,33-/m0/s1. The van der Waals surface area contributed by atoms with Crippen molar-refractivity contribution in [1.29, 1.82) is 0 Å². The Morgan fingerprint density at radius 3 is 2.50 bits per heavy atom. The first-order valence-electron chi connectivity index (χ1n) is 15.4. The number of nitrogens with one attached hydrogen (secondary N) is 1. The molecule has 1 amide bonds. The van der Waals surface area contributed by atoms with Gasteiger partial charge in [-0.15, -0.1) is 0 Å². The first kappa shape index (κ1) is 30.9. The quantitative estimate of drug-likeness (QED) is 0.295. The van der Waals surface area contributed by atoms with E-state index in [2.05, 4.69) is 10.3 Å². The van der Waals surface area contributed by atoms with Crippen molar-refractivity contribution in [3.8, 4) is 11.3 Å². The zero-order chi connectivity index (χ0) is 30.8. The van der Waals surface area contributed by atoms with Crippen molar-refractivity contribution in [2.24, 2.45) is 29.6 Å². The van der Waals surface area contributed by atoms with Crippen LogP contribution in [-0.4, -0.2) is 73.5 Å².